The number of hydrogen-bond acceptors (Lipinski definition) is 6. The molecule has 0 aliphatic rings. The van der Waals surface area contributed by atoms with Crippen molar-refractivity contribution in [2.75, 3.05) is 5.32 Å². The van der Waals surface area contributed by atoms with Crippen molar-refractivity contribution in [1.82, 2.24) is 5.16 Å². The van der Waals surface area contributed by atoms with Crippen LogP contribution in [-0.2, 0) is 14.3 Å². The lowest BCUT2D eigenvalue weighted by atomic mass is 10.1. The molecule has 7 nitrogen and oxygen atoms in total. The molecular formula is C24H28N2O5. The summed E-state index contributed by atoms with van der Waals surface area (Å²) in [5.74, 6) is 0.124. The molecule has 0 radical (unpaired) electrons. The van der Waals surface area contributed by atoms with E-state index >= 15 is 0 Å². The Morgan fingerprint density at radius 1 is 1.13 bits per heavy atom. The van der Waals surface area contributed by atoms with Crippen LogP contribution in [0.2, 0.25) is 0 Å². The summed E-state index contributed by atoms with van der Waals surface area (Å²) in [6.07, 6.45) is 0.0196. The van der Waals surface area contributed by atoms with E-state index in [0.29, 0.717) is 22.8 Å². The SMILES string of the molecule is Cc1cc(Oc2ccc(NC(=O)[C@@H](C)CC(=O)OC(C)(C)C)cc2)c2c(C)noc2c1. The number of benzene rings is 2. The van der Waals surface area contributed by atoms with Crippen LogP contribution in [0.25, 0.3) is 11.0 Å². The molecule has 0 fully saturated rings. The van der Waals surface area contributed by atoms with Crippen LogP contribution in [0.5, 0.6) is 11.5 Å². The van der Waals surface area contributed by atoms with Crippen LogP contribution >= 0.6 is 0 Å². The molecule has 0 aliphatic heterocycles. The van der Waals surface area contributed by atoms with Gasteiger partial charge in [0, 0.05) is 11.6 Å². The summed E-state index contributed by atoms with van der Waals surface area (Å²) in [5, 5.41) is 7.66. The second-order valence-corrected chi connectivity index (χ2v) is 8.71. The number of aromatic nitrogens is 1. The molecule has 3 rings (SSSR count). The van der Waals surface area contributed by atoms with Gasteiger partial charge in [-0.25, -0.2) is 0 Å². The van der Waals surface area contributed by atoms with E-state index < -0.39 is 17.5 Å². The number of aryl methyl sites for hydroxylation is 2. The molecule has 1 aromatic heterocycles. The molecule has 3 aromatic rings. The largest absolute Gasteiger partial charge is 0.460 e. The van der Waals surface area contributed by atoms with Gasteiger partial charge >= 0.3 is 5.97 Å². The summed E-state index contributed by atoms with van der Waals surface area (Å²) in [4.78, 5) is 24.3. The van der Waals surface area contributed by atoms with Crippen molar-refractivity contribution in [3.63, 3.8) is 0 Å². The number of esters is 1. The third-order valence-corrected chi connectivity index (χ3v) is 4.54. The standard InChI is InChI=1S/C24H28N2O5/c1-14-11-19(22-16(3)26-31-20(22)12-14)29-18-9-7-17(8-10-18)25-23(28)15(2)13-21(27)30-24(4,5)6/h7-12,15H,13H2,1-6H3,(H,25,28)/t15-/m0/s1. The van der Waals surface area contributed by atoms with Gasteiger partial charge in [-0.3, -0.25) is 9.59 Å². The molecule has 164 valence electrons. The van der Waals surface area contributed by atoms with Gasteiger partial charge in [0.2, 0.25) is 5.91 Å². The fraction of sp³-hybridized carbons (Fsp3) is 0.375. The van der Waals surface area contributed by atoms with E-state index in [1.54, 1.807) is 52.0 Å². The molecule has 7 heteroatoms. The summed E-state index contributed by atoms with van der Waals surface area (Å²) in [6, 6.07) is 10.9. The van der Waals surface area contributed by atoms with Crippen molar-refractivity contribution >= 4 is 28.5 Å². The minimum Gasteiger partial charge on any atom is -0.460 e. The lowest BCUT2D eigenvalue weighted by Crippen LogP contribution is -2.28. The van der Waals surface area contributed by atoms with Gasteiger partial charge in [-0.05, 0) is 76.6 Å². The van der Waals surface area contributed by atoms with Crippen LogP contribution < -0.4 is 10.1 Å². The third-order valence-electron chi connectivity index (χ3n) is 4.54. The topological polar surface area (TPSA) is 90.7 Å². The van der Waals surface area contributed by atoms with Crippen LogP contribution in [0.4, 0.5) is 5.69 Å². The van der Waals surface area contributed by atoms with E-state index in [0.717, 1.165) is 16.6 Å². The molecule has 1 N–H and O–H groups in total. The Kier molecular flexibility index (Phi) is 6.34. The van der Waals surface area contributed by atoms with Gasteiger partial charge in [0.25, 0.3) is 0 Å². The molecule has 1 amide bonds. The maximum Gasteiger partial charge on any atom is 0.307 e. The van der Waals surface area contributed by atoms with Gasteiger partial charge in [0.1, 0.15) is 17.1 Å². The molecule has 1 atom stereocenters. The fourth-order valence-electron chi connectivity index (χ4n) is 3.12. The van der Waals surface area contributed by atoms with E-state index in [2.05, 4.69) is 10.5 Å². The number of hydrogen-bond donors (Lipinski definition) is 1. The predicted octanol–water partition coefficient (Wildman–Crippen LogP) is 5.54. The highest BCUT2D eigenvalue weighted by Crippen LogP contribution is 2.34. The lowest BCUT2D eigenvalue weighted by molar-refractivity contribution is -0.156. The number of carbonyl (C=O) groups is 2. The van der Waals surface area contributed by atoms with Crippen LogP contribution in [-0.4, -0.2) is 22.6 Å². The molecule has 1 heterocycles. The van der Waals surface area contributed by atoms with Crippen molar-refractivity contribution < 1.29 is 23.6 Å². The van der Waals surface area contributed by atoms with Crippen LogP contribution in [0.3, 0.4) is 0 Å². The Morgan fingerprint density at radius 3 is 2.45 bits per heavy atom. The quantitative estimate of drug-likeness (QED) is 0.522. The first-order chi connectivity index (χ1) is 14.5. The highest BCUT2D eigenvalue weighted by Gasteiger charge is 2.22. The highest BCUT2D eigenvalue weighted by atomic mass is 16.6. The minimum atomic E-state index is -0.572. The first-order valence-electron chi connectivity index (χ1n) is 10.2. The molecule has 2 aromatic carbocycles. The number of fused-ring (bicyclic) bond motifs is 1. The summed E-state index contributed by atoms with van der Waals surface area (Å²) in [6.45, 7) is 10.9. The van der Waals surface area contributed by atoms with Gasteiger partial charge in [0.05, 0.1) is 17.5 Å². The molecule has 31 heavy (non-hydrogen) atoms. The van der Waals surface area contributed by atoms with Crippen LogP contribution in [0.15, 0.2) is 40.9 Å². The molecule has 0 saturated heterocycles. The molecular weight excluding hydrogens is 396 g/mol. The van der Waals surface area contributed by atoms with E-state index in [-0.39, 0.29) is 12.3 Å². The van der Waals surface area contributed by atoms with Crippen molar-refractivity contribution in [2.45, 2.75) is 53.6 Å². The number of carbonyl (C=O) groups excluding carboxylic acids is 2. The zero-order chi connectivity index (χ0) is 22.8. The average Bonchev–Trinajstić information content (AvgIpc) is 3.02. The first-order valence-corrected chi connectivity index (χ1v) is 10.2. The van der Waals surface area contributed by atoms with Crippen molar-refractivity contribution in [3.8, 4) is 11.5 Å². The number of ether oxygens (including phenoxy) is 2. The molecule has 0 spiro atoms. The Hall–Kier alpha value is -3.35. The van der Waals surface area contributed by atoms with Gasteiger partial charge in [-0.1, -0.05) is 12.1 Å². The van der Waals surface area contributed by atoms with E-state index in [4.69, 9.17) is 14.0 Å². The van der Waals surface area contributed by atoms with Crippen molar-refractivity contribution in [1.29, 1.82) is 0 Å². The zero-order valence-corrected chi connectivity index (χ0v) is 18.7. The predicted molar refractivity (Wildman–Crippen MR) is 118 cm³/mol. The highest BCUT2D eigenvalue weighted by molar-refractivity contribution is 5.94. The van der Waals surface area contributed by atoms with E-state index in [9.17, 15) is 9.59 Å². The molecule has 0 saturated carbocycles. The second-order valence-electron chi connectivity index (χ2n) is 8.71. The fourth-order valence-corrected chi connectivity index (χ4v) is 3.12. The summed E-state index contributed by atoms with van der Waals surface area (Å²) >= 11 is 0. The van der Waals surface area contributed by atoms with Crippen LogP contribution in [0, 0.1) is 19.8 Å². The third kappa shape index (κ3) is 5.84. The number of anilines is 1. The van der Waals surface area contributed by atoms with E-state index in [1.165, 1.54) is 0 Å². The molecule has 0 bridgehead atoms. The van der Waals surface area contributed by atoms with Gasteiger partial charge in [0.15, 0.2) is 5.58 Å². The Morgan fingerprint density at radius 2 is 1.81 bits per heavy atom. The van der Waals surface area contributed by atoms with Crippen LogP contribution in [0.1, 0.15) is 45.4 Å². The number of nitrogens with one attached hydrogen (secondary N) is 1. The number of nitrogens with zero attached hydrogens (tertiary/aromatic N) is 1. The number of rotatable bonds is 6. The van der Waals surface area contributed by atoms with Gasteiger partial charge < -0.3 is 19.3 Å². The lowest BCUT2D eigenvalue weighted by Gasteiger charge is -2.20. The normalized spacial score (nSPS) is 12.5. The maximum atomic E-state index is 12.4. The van der Waals surface area contributed by atoms with Gasteiger partial charge in [-0.2, -0.15) is 0 Å². The van der Waals surface area contributed by atoms with Gasteiger partial charge in [-0.15, -0.1) is 0 Å². The second kappa shape index (κ2) is 8.79. The number of amides is 1. The summed E-state index contributed by atoms with van der Waals surface area (Å²) in [5.41, 5.74) is 2.48. The molecule has 0 aliphatic carbocycles. The summed E-state index contributed by atoms with van der Waals surface area (Å²) in [7, 11) is 0. The molecule has 0 unspecified atom stereocenters. The van der Waals surface area contributed by atoms with E-state index in [1.807, 2.05) is 26.0 Å². The minimum absolute atomic E-state index is 0.0196. The summed E-state index contributed by atoms with van der Waals surface area (Å²) < 4.78 is 16.7. The Bertz CT molecular complexity index is 1090. The Balaban J connectivity index is 1.64. The van der Waals surface area contributed by atoms with Crippen molar-refractivity contribution in [2.24, 2.45) is 5.92 Å². The average molecular weight is 424 g/mol. The first kappa shape index (κ1) is 22.3. The zero-order valence-electron chi connectivity index (χ0n) is 18.7. The smallest absolute Gasteiger partial charge is 0.307 e. The monoisotopic (exact) mass is 424 g/mol. The Labute approximate surface area is 181 Å². The van der Waals surface area contributed by atoms with Crippen molar-refractivity contribution in [3.05, 3.63) is 47.7 Å². The maximum absolute atomic E-state index is 12.4.